The van der Waals surface area contributed by atoms with Gasteiger partial charge in [-0.05, 0) is 36.3 Å². The van der Waals surface area contributed by atoms with Crippen LogP contribution in [0.2, 0.25) is 0 Å². The van der Waals surface area contributed by atoms with Crippen LogP contribution in [0, 0.1) is 0 Å². The average molecular weight is 399 g/mol. The molecule has 1 unspecified atom stereocenters. The second-order valence-corrected chi connectivity index (χ2v) is 9.82. The zero-order valence-electron chi connectivity index (χ0n) is 19.4. The van der Waals surface area contributed by atoms with E-state index in [1.807, 2.05) is 0 Å². The summed E-state index contributed by atoms with van der Waals surface area (Å²) in [6.07, 6.45) is 9.19. The summed E-state index contributed by atoms with van der Waals surface area (Å²) in [7, 11) is 4.38. The quantitative estimate of drug-likeness (QED) is 0.538. The number of para-hydroxylation sites is 2. The molecule has 156 valence electrons. The Morgan fingerprint density at radius 2 is 1.47 bits per heavy atom. The van der Waals surface area contributed by atoms with Gasteiger partial charge in [-0.25, -0.2) is 0 Å². The first kappa shape index (κ1) is 20.5. The Morgan fingerprint density at radius 3 is 2.10 bits per heavy atom. The van der Waals surface area contributed by atoms with E-state index in [0.717, 1.165) is 0 Å². The van der Waals surface area contributed by atoms with Crippen LogP contribution < -0.4 is 9.80 Å². The Balaban J connectivity index is 1.58. The second kappa shape index (κ2) is 7.19. The van der Waals surface area contributed by atoms with Crippen molar-refractivity contribution in [2.75, 3.05) is 23.9 Å². The molecule has 0 spiro atoms. The molecule has 1 atom stereocenters. The lowest BCUT2D eigenvalue weighted by Gasteiger charge is -2.29. The van der Waals surface area contributed by atoms with Crippen LogP contribution >= 0.6 is 0 Å². The maximum Gasteiger partial charge on any atom is 0.0565 e. The highest BCUT2D eigenvalue weighted by molar-refractivity contribution is 5.70. The van der Waals surface area contributed by atoms with Gasteiger partial charge in [-0.1, -0.05) is 87.9 Å². The molecule has 0 amide bonds. The molecule has 2 aromatic carbocycles. The summed E-state index contributed by atoms with van der Waals surface area (Å²) >= 11 is 0. The van der Waals surface area contributed by atoms with Crippen LogP contribution in [0.3, 0.4) is 0 Å². The largest absolute Gasteiger partial charge is 0.367 e. The van der Waals surface area contributed by atoms with Gasteiger partial charge in [0.2, 0.25) is 0 Å². The van der Waals surface area contributed by atoms with E-state index < -0.39 is 0 Å². The fourth-order valence-electron chi connectivity index (χ4n) is 5.30. The van der Waals surface area contributed by atoms with Crippen molar-refractivity contribution in [3.05, 3.63) is 95.2 Å². The minimum absolute atomic E-state index is 0.0150. The van der Waals surface area contributed by atoms with Gasteiger partial charge >= 0.3 is 0 Å². The molecule has 2 aliphatic rings. The summed E-state index contributed by atoms with van der Waals surface area (Å²) in [6, 6.07) is 17.8. The van der Waals surface area contributed by atoms with E-state index in [1.165, 1.54) is 33.8 Å². The third kappa shape index (κ3) is 3.10. The summed E-state index contributed by atoms with van der Waals surface area (Å²) < 4.78 is 0. The molecule has 0 aliphatic carbocycles. The first-order valence-corrected chi connectivity index (χ1v) is 10.9. The molecule has 4 rings (SSSR count). The molecule has 0 bridgehead atoms. The molecule has 0 aromatic heterocycles. The number of benzene rings is 2. The van der Waals surface area contributed by atoms with E-state index >= 15 is 0 Å². The smallest absolute Gasteiger partial charge is 0.0565 e. The molecule has 30 heavy (non-hydrogen) atoms. The molecule has 0 saturated heterocycles. The van der Waals surface area contributed by atoms with E-state index in [0.29, 0.717) is 6.04 Å². The van der Waals surface area contributed by atoms with Crippen LogP contribution in [0.1, 0.15) is 45.7 Å². The fourth-order valence-corrected chi connectivity index (χ4v) is 5.30. The lowest BCUT2D eigenvalue weighted by atomic mass is 9.80. The van der Waals surface area contributed by atoms with Gasteiger partial charge in [0.1, 0.15) is 0 Å². The van der Waals surface area contributed by atoms with Crippen LogP contribution in [-0.2, 0) is 10.8 Å². The van der Waals surface area contributed by atoms with Gasteiger partial charge in [0, 0.05) is 42.0 Å². The van der Waals surface area contributed by atoms with Gasteiger partial charge in [-0.15, -0.1) is 0 Å². The van der Waals surface area contributed by atoms with Gasteiger partial charge in [0.15, 0.2) is 0 Å². The van der Waals surface area contributed by atoms with E-state index in [4.69, 9.17) is 0 Å². The van der Waals surface area contributed by atoms with Crippen LogP contribution in [0.5, 0.6) is 0 Å². The molecule has 2 aliphatic heterocycles. The monoisotopic (exact) mass is 398 g/mol. The van der Waals surface area contributed by atoms with Crippen molar-refractivity contribution in [2.24, 2.45) is 0 Å². The Kier molecular flexibility index (Phi) is 4.92. The van der Waals surface area contributed by atoms with Crippen molar-refractivity contribution < 1.29 is 0 Å². The molecule has 0 N–H and O–H groups in total. The van der Waals surface area contributed by atoms with Crippen molar-refractivity contribution in [1.29, 1.82) is 0 Å². The third-order valence-electron chi connectivity index (χ3n) is 7.12. The van der Waals surface area contributed by atoms with Crippen molar-refractivity contribution >= 4 is 11.4 Å². The average Bonchev–Trinajstić information content (AvgIpc) is 3.04. The lowest BCUT2D eigenvalue weighted by Crippen LogP contribution is -2.37. The van der Waals surface area contributed by atoms with E-state index in [-0.39, 0.29) is 10.8 Å². The zero-order valence-corrected chi connectivity index (χ0v) is 19.4. The zero-order chi connectivity index (χ0) is 21.7. The summed E-state index contributed by atoms with van der Waals surface area (Å²) in [5, 5.41) is 0. The van der Waals surface area contributed by atoms with Gasteiger partial charge in [-0.3, -0.25) is 0 Å². The highest BCUT2D eigenvalue weighted by atomic mass is 15.2. The molecule has 0 radical (unpaired) electrons. The molecule has 2 heterocycles. The first-order valence-electron chi connectivity index (χ1n) is 10.9. The summed E-state index contributed by atoms with van der Waals surface area (Å²) in [5.41, 5.74) is 8.18. The summed E-state index contributed by atoms with van der Waals surface area (Å²) in [6.45, 7) is 11.5. The number of fused-ring (bicyclic) bond motifs is 2. The predicted octanol–water partition coefficient (Wildman–Crippen LogP) is 6.60. The maximum atomic E-state index is 2.40. The topological polar surface area (TPSA) is 6.48 Å². The summed E-state index contributed by atoms with van der Waals surface area (Å²) in [4.78, 5) is 4.73. The van der Waals surface area contributed by atoms with Crippen molar-refractivity contribution in [3.8, 4) is 0 Å². The first-order chi connectivity index (χ1) is 14.2. The number of anilines is 2. The highest BCUT2D eigenvalue weighted by Gasteiger charge is 2.41. The van der Waals surface area contributed by atoms with Gasteiger partial charge < -0.3 is 9.80 Å². The van der Waals surface area contributed by atoms with Crippen LogP contribution in [0.4, 0.5) is 11.4 Å². The number of hydrogen-bond donors (Lipinski definition) is 0. The standard InChI is InChI=1S/C28H34N2/c1-20(16-18-25-27(2,3)21-12-8-10-14-23(21)29(25)6)17-19-26-28(4,5)22-13-9-11-15-24(22)30(26)7/h8-19,25H,1-7H3/b18-16+,20-17+,26-19+. The number of allylic oxidation sites excluding steroid dienone is 5. The van der Waals surface area contributed by atoms with Gasteiger partial charge in [0.25, 0.3) is 0 Å². The van der Waals surface area contributed by atoms with E-state index in [1.54, 1.807) is 0 Å². The maximum absolute atomic E-state index is 2.40. The Bertz CT molecular complexity index is 1050. The Morgan fingerprint density at radius 1 is 0.867 bits per heavy atom. The Labute approximate surface area is 182 Å². The summed E-state index contributed by atoms with van der Waals surface area (Å²) in [5.74, 6) is 0. The predicted molar refractivity (Wildman–Crippen MR) is 131 cm³/mol. The van der Waals surface area contributed by atoms with E-state index in [2.05, 4.69) is 131 Å². The van der Waals surface area contributed by atoms with Crippen molar-refractivity contribution in [1.82, 2.24) is 0 Å². The minimum Gasteiger partial charge on any atom is -0.367 e. The van der Waals surface area contributed by atoms with Crippen LogP contribution in [0.15, 0.2) is 84.1 Å². The Hall–Kier alpha value is -2.74. The molecular formula is C28H34N2. The van der Waals surface area contributed by atoms with Crippen LogP contribution in [0.25, 0.3) is 0 Å². The normalized spacial score (nSPS) is 23.4. The molecule has 0 saturated carbocycles. The van der Waals surface area contributed by atoms with Crippen molar-refractivity contribution in [2.45, 2.75) is 51.5 Å². The van der Waals surface area contributed by atoms with E-state index in [9.17, 15) is 0 Å². The SMILES string of the molecule is CC(/C=C/C1N(C)c2ccccc2C1(C)C)=C\C=C1\N(C)c2ccccc2C1(C)C. The van der Waals surface area contributed by atoms with Gasteiger partial charge in [0.05, 0.1) is 6.04 Å². The fraction of sp³-hybridized carbons (Fsp3) is 0.357. The molecular weight excluding hydrogens is 364 g/mol. The number of rotatable bonds is 3. The number of nitrogens with zero attached hydrogens (tertiary/aromatic N) is 2. The lowest BCUT2D eigenvalue weighted by molar-refractivity contribution is 0.487. The highest BCUT2D eigenvalue weighted by Crippen LogP contribution is 2.47. The third-order valence-corrected chi connectivity index (χ3v) is 7.12. The molecule has 2 nitrogen and oxygen atoms in total. The number of likely N-dealkylation sites (N-methyl/N-ethyl adjacent to an activating group) is 2. The molecule has 2 aromatic rings. The van der Waals surface area contributed by atoms with Crippen LogP contribution in [-0.4, -0.2) is 20.1 Å². The molecule has 0 fully saturated rings. The number of hydrogen-bond acceptors (Lipinski definition) is 2. The molecule has 2 heteroatoms. The van der Waals surface area contributed by atoms with Crippen molar-refractivity contribution in [3.63, 3.8) is 0 Å². The second-order valence-electron chi connectivity index (χ2n) is 9.82. The minimum atomic E-state index is 0.0150. The van der Waals surface area contributed by atoms with Gasteiger partial charge in [-0.2, -0.15) is 0 Å².